The smallest absolute Gasteiger partial charge is 0.374 e. The van der Waals surface area contributed by atoms with E-state index in [0.717, 1.165) is 6.92 Å². The fraction of sp³-hybridized carbons (Fsp3) is 0.333. The Bertz CT molecular complexity index is 745. The minimum Gasteiger partial charge on any atom is -0.374 e. The Hall–Kier alpha value is -2.08. The van der Waals surface area contributed by atoms with Crippen LogP contribution in [-0.4, -0.2) is 19.7 Å². The van der Waals surface area contributed by atoms with E-state index in [0.29, 0.717) is 5.56 Å². The first-order valence-corrected chi connectivity index (χ1v) is 6.89. The number of halogens is 3. The average molecular weight is 321 g/mol. The number of aryl methyl sites for hydroxylation is 1. The number of hydrogen-bond acceptors (Lipinski definition) is 5. The molecule has 0 aromatic heterocycles. The van der Waals surface area contributed by atoms with E-state index < -0.39 is 38.3 Å². The normalized spacial score (nSPS) is 11.9. The number of hydrogen-bond donors (Lipinski definition) is 0. The van der Waals surface area contributed by atoms with E-state index in [1.807, 2.05) is 0 Å². The summed E-state index contributed by atoms with van der Waals surface area (Å²) in [6, 6.07) is 2.75. The van der Waals surface area contributed by atoms with Gasteiger partial charge in [-0.15, -0.1) is 0 Å². The molecule has 1 aromatic rings. The van der Waals surface area contributed by atoms with E-state index in [4.69, 9.17) is 5.26 Å². The summed E-state index contributed by atoms with van der Waals surface area (Å²) in [6.07, 6.45) is 0. The molecule has 5 nitrogen and oxygen atoms in total. The molecule has 114 valence electrons. The van der Waals surface area contributed by atoms with E-state index in [1.54, 1.807) is 6.07 Å². The predicted molar refractivity (Wildman–Crippen MR) is 66.2 cm³/mol. The average Bonchev–Trinajstić information content (AvgIpc) is 2.32. The molecule has 1 aromatic carbocycles. The second kappa shape index (κ2) is 5.37. The molecule has 0 N–H and O–H groups in total. The van der Waals surface area contributed by atoms with Crippen LogP contribution in [0.5, 0.6) is 5.75 Å². The van der Waals surface area contributed by atoms with Crippen molar-refractivity contribution in [2.45, 2.75) is 26.3 Å². The van der Waals surface area contributed by atoms with Crippen molar-refractivity contribution in [2.24, 2.45) is 0 Å². The Kier molecular flexibility index (Phi) is 4.34. The standard InChI is InChI=1S/C12H10F3NO4S/c1-6-4-9(8(3)17)11(10(5-16)7(6)2)20-21(18,19)12(13,14)15/h4H,1-3H3. The zero-order chi connectivity index (χ0) is 16.6. The number of nitriles is 1. The molecule has 0 saturated carbocycles. The molecule has 0 saturated heterocycles. The Balaban J connectivity index is 3.67. The van der Waals surface area contributed by atoms with Crippen molar-refractivity contribution in [1.82, 2.24) is 0 Å². The Morgan fingerprint density at radius 2 is 1.86 bits per heavy atom. The molecule has 1 rings (SSSR count). The maximum Gasteiger partial charge on any atom is 0.534 e. The summed E-state index contributed by atoms with van der Waals surface area (Å²) < 4.78 is 63.4. The van der Waals surface area contributed by atoms with Crippen molar-refractivity contribution >= 4 is 15.9 Å². The highest BCUT2D eigenvalue weighted by Gasteiger charge is 2.49. The van der Waals surface area contributed by atoms with Gasteiger partial charge < -0.3 is 4.18 Å². The van der Waals surface area contributed by atoms with Gasteiger partial charge in [0.25, 0.3) is 0 Å². The van der Waals surface area contributed by atoms with Gasteiger partial charge in [-0.05, 0) is 38.0 Å². The first-order valence-electron chi connectivity index (χ1n) is 5.48. The van der Waals surface area contributed by atoms with Crippen LogP contribution in [0.4, 0.5) is 13.2 Å². The predicted octanol–water partition coefficient (Wildman–Crippen LogP) is 2.61. The maximum atomic E-state index is 12.4. The number of carbonyl (C=O) groups excluding carboxylic acids is 1. The minimum atomic E-state index is -5.97. The number of carbonyl (C=O) groups is 1. The monoisotopic (exact) mass is 321 g/mol. The second-order valence-electron chi connectivity index (χ2n) is 4.22. The van der Waals surface area contributed by atoms with Gasteiger partial charge in [-0.3, -0.25) is 4.79 Å². The fourth-order valence-corrected chi connectivity index (χ4v) is 2.02. The van der Waals surface area contributed by atoms with Crippen LogP contribution >= 0.6 is 0 Å². The largest absolute Gasteiger partial charge is 0.534 e. The Morgan fingerprint density at radius 3 is 2.24 bits per heavy atom. The molecule has 21 heavy (non-hydrogen) atoms. The lowest BCUT2D eigenvalue weighted by molar-refractivity contribution is -0.0500. The van der Waals surface area contributed by atoms with Crippen molar-refractivity contribution in [2.75, 3.05) is 0 Å². The SMILES string of the molecule is CC(=O)c1cc(C)c(C)c(C#N)c1OS(=O)(=O)C(F)(F)F. The molecule has 0 radical (unpaired) electrons. The lowest BCUT2D eigenvalue weighted by Gasteiger charge is -2.15. The maximum absolute atomic E-state index is 12.4. The Morgan fingerprint density at radius 1 is 1.33 bits per heavy atom. The zero-order valence-electron chi connectivity index (χ0n) is 11.2. The zero-order valence-corrected chi connectivity index (χ0v) is 12.0. The van der Waals surface area contributed by atoms with Crippen LogP contribution in [0, 0.1) is 25.2 Å². The van der Waals surface area contributed by atoms with Crippen LogP contribution in [0.1, 0.15) is 34.0 Å². The molecule has 0 heterocycles. The highest BCUT2D eigenvalue weighted by Crippen LogP contribution is 2.34. The third-order valence-corrected chi connectivity index (χ3v) is 3.72. The summed E-state index contributed by atoms with van der Waals surface area (Å²) in [4.78, 5) is 11.5. The van der Waals surface area contributed by atoms with Gasteiger partial charge in [0.05, 0.1) is 11.1 Å². The second-order valence-corrected chi connectivity index (χ2v) is 5.76. The highest BCUT2D eigenvalue weighted by molar-refractivity contribution is 7.88. The third kappa shape index (κ3) is 3.16. The number of alkyl halides is 3. The van der Waals surface area contributed by atoms with Gasteiger partial charge in [0.1, 0.15) is 6.07 Å². The first-order chi connectivity index (χ1) is 9.42. The number of ketones is 1. The van der Waals surface area contributed by atoms with Crippen LogP contribution in [0.2, 0.25) is 0 Å². The molecule has 0 fully saturated rings. The van der Waals surface area contributed by atoms with Gasteiger partial charge in [0.15, 0.2) is 11.5 Å². The lowest BCUT2D eigenvalue weighted by Crippen LogP contribution is -2.29. The molecule has 0 atom stereocenters. The summed E-state index contributed by atoms with van der Waals surface area (Å²) in [5, 5.41) is 9.01. The van der Waals surface area contributed by atoms with Crippen molar-refractivity contribution in [3.05, 3.63) is 28.3 Å². The molecule has 0 spiro atoms. The number of Topliss-reactive ketones (excluding diaryl/α,β-unsaturated/α-hetero) is 1. The highest BCUT2D eigenvalue weighted by atomic mass is 32.2. The van der Waals surface area contributed by atoms with Crippen LogP contribution in [0.15, 0.2) is 6.07 Å². The summed E-state index contributed by atoms with van der Waals surface area (Å²) in [7, 11) is -5.97. The van der Waals surface area contributed by atoms with Gasteiger partial charge in [-0.25, -0.2) is 0 Å². The van der Waals surface area contributed by atoms with E-state index in [9.17, 15) is 26.4 Å². The number of nitrogens with zero attached hydrogens (tertiary/aromatic N) is 1. The Labute approximate surface area is 119 Å². The van der Waals surface area contributed by atoms with Gasteiger partial charge >= 0.3 is 15.6 Å². The van der Waals surface area contributed by atoms with Crippen LogP contribution in [0.25, 0.3) is 0 Å². The minimum absolute atomic E-state index is 0.231. The van der Waals surface area contributed by atoms with Gasteiger partial charge in [0.2, 0.25) is 0 Å². The molecular weight excluding hydrogens is 311 g/mol. The van der Waals surface area contributed by atoms with Gasteiger partial charge in [0, 0.05) is 0 Å². The van der Waals surface area contributed by atoms with Crippen LogP contribution < -0.4 is 4.18 Å². The summed E-state index contributed by atoms with van der Waals surface area (Å²) >= 11 is 0. The quantitative estimate of drug-likeness (QED) is 0.485. The molecule has 0 aliphatic heterocycles. The first kappa shape index (κ1) is 17.0. The summed E-state index contributed by atoms with van der Waals surface area (Å²) in [5.41, 5.74) is -5.80. The van der Waals surface area contributed by atoms with E-state index in [-0.39, 0.29) is 5.56 Å². The van der Waals surface area contributed by atoms with Gasteiger partial charge in [-0.1, -0.05) is 0 Å². The van der Waals surface area contributed by atoms with Crippen molar-refractivity contribution in [3.8, 4) is 11.8 Å². The molecule has 0 aliphatic carbocycles. The van der Waals surface area contributed by atoms with Crippen LogP contribution in [0.3, 0.4) is 0 Å². The molecule has 0 bridgehead atoms. The number of rotatable bonds is 3. The molecular formula is C12H10F3NO4S. The van der Waals surface area contributed by atoms with Gasteiger partial charge in [-0.2, -0.15) is 26.9 Å². The molecule has 9 heteroatoms. The molecule has 0 amide bonds. The van der Waals surface area contributed by atoms with E-state index >= 15 is 0 Å². The fourth-order valence-electron chi connectivity index (χ4n) is 1.53. The summed E-state index contributed by atoms with van der Waals surface area (Å²) in [5.74, 6) is -1.62. The molecule has 0 aliphatic rings. The van der Waals surface area contributed by atoms with Crippen molar-refractivity contribution < 1.29 is 30.6 Å². The van der Waals surface area contributed by atoms with E-state index in [1.165, 1.54) is 19.9 Å². The summed E-state index contributed by atoms with van der Waals surface area (Å²) in [6.45, 7) is 3.97. The lowest BCUT2D eigenvalue weighted by atomic mass is 9.97. The third-order valence-electron chi connectivity index (χ3n) is 2.77. The number of benzene rings is 1. The van der Waals surface area contributed by atoms with Crippen molar-refractivity contribution in [3.63, 3.8) is 0 Å². The van der Waals surface area contributed by atoms with E-state index in [2.05, 4.69) is 4.18 Å². The molecule has 0 unspecified atom stereocenters. The topological polar surface area (TPSA) is 84.2 Å². The van der Waals surface area contributed by atoms with Crippen molar-refractivity contribution in [1.29, 1.82) is 5.26 Å². The van der Waals surface area contributed by atoms with Crippen LogP contribution in [-0.2, 0) is 10.1 Å².